The third-order valence-corrected chi connectivity index (χ3v) is 1.31. The predicted molar refractivity (Wildman–Crippen MR) is 34.6 cm³/mol. The molecular weight excluding hydrogens is 100 g/mol. The van der Waals surface area contributed by atoms with Crippen LogP contribution in [0.15, 0.2) is 30.3 Å². The van der Waals surface area contributed by atoms with Crippen LogP contribution >= 0.6 is 0 Å². The third-order valence-electron chi connectivity index (χ3n) is 0.843. The zero-order chi connectivity index (χ0) is 5.11. The van der Waals surface area contributed by atoms with Gasteiger partial charge in [0.05, 0.1) is 5.19 Å². The molecule has 1 heteroatoms. The van der Waals surface area contributed by atoms with Crippen molar-refractivity contribution in [1.29, 1.82) is 0 Å². The van der Waals surface area contributed by atoms with Crippen molar-refractivity contribution in [1.82, 2.24) is 0 Å². The summed E-state index contributed by atoms with van der Waals surface area (Å²) in [5.41, 5.74) is 0. The molecule has 34 valence electrons. The molecule has 0 aliphatic heterocycles. The lowest BCUT2D eigenvalue weighted by Gasteiger charge is -1.75. The molecule has 0 spiro atoms. The average molecular weight is 107 g/mol. The quantitative estimate of drug-likeness (QED) is 0.408. The lowest BCUT2D eigenvalue weighted by Crippen LogP contribution is -1.97. The Morgan fingerprint density at radius 1 is 1.00 bits per heavy atom. The first-order valence-electron chi connectivity index (χ1n) is 2.26. The van der Waals surface area contributed by atoms with Crippen LogP contribution in [0.25, 0.3) is 0 Å². The van der Waals surface area contributed by atoms with Crippen molar-refractivity contribution in [2.24, 2.45) is 0 Å². The van der Waals surface area contributed by atoms with E-state index in [0.717, 1.165) is 0 Å². The van der Waals surface area contributed by atoms with Gasteiger partial charge in [-0.15, -0.1) is 0 Å². The van der Waals surface area contributed by atoms with Gasteiger partial charge in [-0.25, -0.2) is 0 Å². The van der Waals surface area contributed by atoms with Gasteiger partial charge in [-0.05, 0) is 12.1 Å². The van der Waals surface area contributed by atoms with Crippen LogP contribution < -0.4 is 5.19 Å². The molecule has 0 bridgehead atoms. The SMILES string of the molecule is [SiH2+]c1ccccc1. The van der Waals surface area contributed by atoms with Gasteiger partial charge in [0.2, 0.25) is 0 Å². The van der Waals surface area contributed by atoms with Crippen molar-refractivity contribution >= 4 is 15.4 Å². The molecule has 1 rings (SSSR count). The van der Waals surface area contributed by atoms with Crippen molar-refractivity contribution in [3.63, 3.8) is 0 Å². The van der Waals surface area contributed by atoms with E-state index >= 15 is 0 Å². The lowest BCUT2D eigenvalue weighted by molar-refractivity contribution is 1.78. The highest BCUT2D eigenvalue weighted by atomic mass is 28.1. The summed E-state index contributed by atoms with van der Waals surface area (Å²) in [6.45, 7) is 0. The Bertz CT molecular complexity index is 134. The van der Waals surface area contributed by atoms with Crippen LogP contribution in [-0.2, 0) is 0 Å². The van der Waals surface area contributed by atoms with Crippen LogP contribution in [-0.4, -0.2) is 10.2 Å². The predicted octanol–water partition coefficient (Wildman–Crippen LogP) is -0.0550. The average Bonchev–Trinajstić information content (AvgIpc) is 1.69. The maximum atomic E-state index is 2.10. The molecular formula is C6H7Si+. The van der Waals surface area contributed by atoms with Gasteiger partial charge in [0.15, 0.2) is 0 Å². The Morgan fingerprint density at radius 3 is 1.86 bits per heavy atom. The molecule has 0 aliphatic carbocycles. The van der Waals surface area contributed by atoms with Gasteiger partial charge in [0.1, 0.15) is 0 Å². The molecule has 0 aromatic heterocycles. The largest absolute Gasteiger partial charge is 0.321 e. The smallest absolute Gasteiger partial charge is 0.0621 e. The maximum absolute atomic E-state index is 2.10. The molecule has 0 amide bonds. The van der Waals surface area contributed by atoms with E-state index in [0.29, 0.717) is 0 Å². The number of rotatable bonds is 0. The Balaban J connectivity index is 3.02. The standard InChI is InChI=1S/C6H7Si/c7-6-4-2-1-3-5-6/h1-5H,7H2/q+1. The molecule has 7 heavy (non-hydrogen) atoms. The summed E-state index contributed by atoms with van der Waals surface area (Å²) in [5, 5.41) is 1.35. The fourth-order valence-electron chi connectivity index (χ4n) is 0.478. The number of benzene rings is 1. The first kappa shape index (κ1) is 4.59. The molecule has 0 unspecified atom stereocenters. The van der Waals surface area contributed by atoms with Gasteiger partial charge in [0.25, 0.3) is 0 Å². The summed E-state index contributed by atoms with van der Waals surface area (Å²) >= 11 is 0. The van der Waals surface area contributed by atoms with E-state index in [4.69, 9.17) is 0 Å². The minimum atomic E-state index is 1.35. The van der Waals surface area contributed by atoms with E-state index in [1.54, 1.807) is 0 Å². The maximum Gasteiger partial charge on any atom is 0.321 e. The highest BCUT2D eigenvalue weighted by molar-refractivity contribution is 6.32. The van der Waals surface area contributed by atoms with E-state index in [-0.39, 0.29) is 0 Å². The first-order chi connectivity index (χ1) is 3.39. The molecule has 0 N–H and O–H groups in total. The van der Waals surface area contributed by atoms with Crippen LogP contribution in [0.1, 0.15) is 0 Å². The Morgan fingerprint density at radius 2 is 1.57 bits per heavy atom. The number of hydrogen-bond acceptors (Lipinski definition) is 0. The Hall–Kier alpha value is -0.563. The minimum Gasteiger partial charge on any atom is -0.0621 e. The van der Waals surface area contributed by atoms with Crippen molar-refractivity contribution < 1.29 is 0 Å². The molecule has 0 saturated carbocycles. The van der Waals surface area contributed by atoms with E-state index < -0.39 is 0 Å². The fraction of sp³-hybridized carbons (Fsp3) is 0. The summed E-state index contributed by atoms with van der Waals surface area (Å²) in [6, 6.07) is 10.3. The minimum absolute atomic E-state index is 1.35. The van der Waals surface area contributed by atoms with E-state index in [9.17, 15) is 0 Å². The van der Waals surface area contributed by atoms with E-state index in [1.165, 1.54) is 5.19 Å². The summed E-state index contributed by atoms with van der Waals surface area (Å²) in [5.74, 6) is 0. The topological polar surface area (TPSA) is 0 Å². The highest BCUT2D eigenvalue weighted by Gasteiger charge is 1.82. The molecule has 0 aliphatic rings. The second kappa shape index (κ2) is 1.94. The van der Waals surface area contributed by atoms with Gasteiger partial charge in [0, 0.05) is 0 Å². The van der Waals surface area contributed by atoms with Crippen molar-refractivity contribution in [2.75, 3.05) is 0 Å². The number of hydrogen-bond donors (Lipinski definition) is 0. The Labute approximate surface area is 46.6 Å². The van der Waals surface area contributed by atoms with Crippen LogP contribution in [0, 0.1) is 0 Å². The van der Waals surface area contributed by atoms with E-state index in [1.807, 2.05) is 28.4 Å². The highest BCUT2D eigenvalue weighted by Crippen LogP contribution is 1.76. The monoisotopic (exact) mass is 107 g/mol. The van der Waals surface area contributed by atoms with Crippen molar-refractivity contribution in [3.8, 4) is 0 Å². The molecule has 0 fully saturated rings. The molecule has 0 saturated heterocycles. The van der Waals surface area contributed by atoms with Gasteiger partial charge in [-0.2, -0.15) is 0 Å². The van der Waals surface area contributed by atoms with Gasteiger partial charge >= 0.3 is 10.2 Å². The normalized spacial score (nSPS) is 8.57. The lowest BCUT2D eigenvalue weighted by atomic mass is 10.4. The van der Waals surface area contributed by atoms with Crippen LogP contribution in [0.2, 0.25) is 0 Å². The summed E-state index contributed by atoms with van der Waals surface area (Å²) in [4.78, 5) is 0. The Kier molecular flexibility index (Phi) is 1.27. The second-order valence-corrected chi connectivity index (χ2v) is 2.30. The van der Waals surface area contributed by atoms with Crippen LogP contribution in [0.5, 0.6) is 0 Å². The van der Waals surface area contributed by atoms with Gasteiger partial charge in [-0.3, -0.25) is 0 Å². The summed E-state index contributed by atoms with van der Waals surface area (Å²) < 4.78 is 0. The van der Waals surface area contributed by atoms with Crippen LogP contribution in [0.4, 0.5) is 0 Å². The zero-order valence-corrected chi connectivity index (χ0v) is 5.51. The zero-order valence-electron chi connectivity index (χ0n) is 4.09. The molecule has 1 aromatic carbocycles. The van der Waals surface area contributed by atoms with Crippen LogP contribution in [0.3, 0.4) is 0 Å². The molecule has 0 heterocycles. The van der Waals surface area contributed by atoms with Crippen molar-refractivity contribution in [2.45, 2.75) is 0 Å². The summed E-state index contributed by atoms with van der Waals surface area (Å²) in [7, 11) is 1.90. The molecule has 1 aromatic rings. The van der Waals surface area contributed by atoms with Crippen molar-refractivity contribution in [3.05, 3.63) is 30.3 Å². The van der Waals surface area contributed by atoms with Gasteiger partial charge in [-0.1, -0.05) is 18.2 Å². The summed E-state index contributed by atoms with van der Waals surface area (Å²) in [6.07, 6.45) is 0. The van der Waals surface area contributed by atoms with E-state index in [2.05, 4.69) is 12.1 Å². The van der Waals surface area contributed by atoms with Gasteiger partial charge < -0.3 is 0 Å². The second-order valence-electron chi connectivity index (χ2n) is 1.49. The fourth-order valence-corrected chi connectivity index (χ4v) is 0.750. The molecule has 0 radical (unpaired) electrons. The molecule has 0 atom stereocenters. The molecule has 0 nitrogen and oxygen atoms in total. The third kappa shape index (κ3) is 1.16. The first-order valence-corrected chi connectivity index (χ1v) is 2.97.